The van der Waals surface area contributed by atoms with Gasteiger partial charge in [0.2, 0.25) is 0 Å². The summed E-state index contributed by atoms with van der Waals surface area (Å²) in [5.41, 5.74) is 2.31. The van der Waals surface area contributed by atoms with Gasteiger partial charge in [0.1, 0.15) is 0 Å². The lowest BCUT2D eigenvalue weighted by Crippen LogP contribution is -2.51. The first-order chi connectivity index (χ1) is 12.6. The number of methoxy groups -OCH3 is 1. The highest BCUT2D eigenvalue weighted by Gasteiger charge is 2.54. The third-order valence-electron chi connectivity index (χ3n) is 7.73. The molecule has 0 spiro atoms. The monoisotopic (exact) mass is 372 g/mol. The predicted octanol–water partition coefficient (Wildman–Crippen LogP) is 5.23. The first-order valence-corrected chi connectivity index (χ1v) is 9.95. The summed E-state index contributed by atoms with van der Waals surface area (Å²) in [5.74, 6) is 0.0428. The van der Waals surface area contributed by atoms with Crippen LogP contribution in [0, 0.1) is 22.7 Å². The average Bonchev–Trinajstić information content (AvgIpc) is 2.63. The van der Waals surface area contributed by atoms with Gasteiger partial charge in [-0.25, -0.2) is 4.79 Å². The third kappa shape index (κ3) is 3.13. The van der Waals surface area contributed by atoms with Crippen molar-refractivity contribution in [2.24, 2.45) is 22.7 Å². The highest BCUT2D eigenvalue weighted by atomic mass is 16.5. The van der Waals surface area contributed by atoms with Gasteiger partial charge in [-0.1, -0.05) is 32.9 Å². The van der Waals surface area contributed by atoms with Gasteiger partial charge in [0.05, 0.1) is 12.7 Å². The number of fused-ring (bicyclic) bond motifs is 1. The first kappa shape index (κ1) is 19.8. The number of benzene rings is 1. The molecule has 3 rings (SSSR count). The Morgan fingerprint density at radius 1 is 1.30 bits per heavy atom. The van der Waals surface area contributed by atoms with E-state index in [-0.39, 0.29) is 27.9 Å². The fourth-order valence-electron chi connectivity index (χ4n) is 5.72. The van der Waals surface area contributed by atoms with Gasteiger partial charge < -0.3 is 14.9 Å². The maximum Gasteiger partial charge on any atom is 0.337 e. The Labute approximate surface area is 162 Å². The quantitative estimate of drug-likeness (QED) is 0.433. The summed E-state index contributed by atoms with van der Waals surface area (Å²) >= 11 is 0. The van der Waals surface area contributed by atoms with E-state index >= 15 is 0 Å². The molecule has 1 aromatic rings. The summed E-state index contributed by atoms with van der Waals surface area (Å²) in [6, 6.07) is 2.94. The predicted molar refractivity (Wildman–Crippen MR) is 106 cm³/mol. The van der Waals surface area contributed by atoms with Gasteiger partial charge in [-0.2, -0.15) is 0 Å². The van der Waals surface area contributed by atoms with Crippen molar-refractivity contribution < 1.29 is 19.7 Å². The number of aromatic hydroxyl groups is 2. The molecule has 0 heterocycles. The second kappa shape index (κ2) is 6.88. The van der Waals surface area contributed by atoms with Crippen LogP contribution in [-0.2, 0) is 11.2 Å². The van der Waals surface area contributed by atoms with Crippen LogP contribution >= 0.6 is 0 Å². The number of hydrogen-bond donors (Lipinski definition) is 2. The van der Waals surface area contributed by atoms with E-state index in [4.69, 9.17) is 4.74 Å². The van der Waals surface area contributed by atoms with Crippen LogP contribution in [0.2, 0.25) is 0 Å². The lowest BCUT2D eigenvalue weighted by molar-refractivity contribution is -0.0491. The number of ether oxygens (including phenoxy) is 1. The van der Waals surface area contributed by atoms with Crippen LogP contribution in [0.3, 0.4) is 0 Å². The summed E-state index contributed by atoms with van der Waals surface area (Å²) < 4.78 is 4.80. The van der Waals surface area contributed by atoms with E-state index in [1.807, 2.05) is 0 Å². The molecule has 0 aliphatic heterocycles. The highest BCUT2D eigenvalue weighted by Crippen LogP contribution is 2.62. The molecule has 4 heteroatoms. The van der Waals surface area contributed by atoms with Gasteiger partial charge in [-0.15, -0.1) is 0 Å². The molecular formula is C23H32O4. The van der Waals surface area contributed by atoms with E-state index in [2.05, 4.69) is 27.4 Å². The van der Waals surface area contributed by atoms with Gasteiger partial charge in [-0.3, -0.25) is 0 Å². The molecule has 4 atom stereocenters. The maximum atomic E-state index is 12.0. The van der Waals surface area contributed by atoms with E-state index < -0.39 is 5.97 Å². The summed E-state index contributed by atoms with van der Waals surface area (Å²) in [5, 5.41) is 20.7. The molecule has 0 amide bonds. The van der Waals surface area contributed by atoms with Crippen molar-refractivity contribution in [3.63, 3.8) is 0 Å². The molecule has 2 aliphatic carbocycles. The lowest BCUT2D eigenvalue weighted by Gasteiger charge is -2.59. The van der Waals surface area contributed by atoms with Crippen LogP contribution in [0.4, 0.5) is 0 Å². The molecule has 0 saturated heterocycles. The zero-order valence-electron chi connectivity index (χ0n) is 17.0. The molecule has 2 aliphatic rings. The minimum Gasteiger partial charge on any atom is -0.504 e. The standard InChI is InChI=1S/C23H32O4/c1-14-7-6-8-19-22(14,3)10-9-15(2)23(19,4)13-17-11-16(21(26)27-5)12-18(24)20(17)25/h11-12,15,19,24-25H,1,6-10,13H2,2-5H3/t15-,19?,22+,23+/m0/s1. The van der Waals surface area contributed by atoms with Crippen molar-refractivity contribution in [3.8, 4) is 11.5 Å². The van der Waals surface area contributed by atoms with Crippen molar-refractivity contribution in [1.82, 2.24) is 0 Å². The second-order valence-corrected chi connectivity index (χ2v) is 9.08. The zero-order valence-corrected chi connectivity index (χ0v) is 17.0. The summed E-state index contributed by atoms with van der Waals surface area (Å²) in [6.07, 6.45) is 6.30. The van der Waals surface area contributed by atoms with Crippen molar-refractivity contribution >= 4 is 5.97 Å². The smallest absolute Gasteiger partial charge is 0.337 e. The Kier molecular flexibility index (Phi) is 5.04. The van der Waals surface area contributed by atoms with Crippen LogP contribution in [0.25, 0.3) is 0 Å². The second-order valence-electron chi connectivity index (χ2n) is 9.08. The number of rotatable bonds is 3. The lowest BCUT2D eigenvalue weighted by atomic mass is 9.46. The minimum atomic E-state index is -0.510. The molecule has 4 nitrogen and oxygen atoms in total. The average molecular weight is 373 g/mol. The number of allylic oxidation sites excluding steroid dienone is 1. The van der Waals surface area contributed by atoms with Crippen molar-refractivity contribution in [3.05, 3.63) is 35.4 Å². The molecule has 0 radical (unpaired) electrons. The van der Waals surface area contributed by atoms with E-state index in [1.165, 1.54) is 18.7 Å². The van der Waals surface area contributed by atoms with Crippen LogP contribution in [0.15, 0.2) is 24.3 Å². The summed E-state index contributed by atoms with van der Waals surface area (Å²) in [6.45, 7) is 11.3. The van der Waals surface area contributed by atoms with Crippen molar-refractivity contribution in [1.29, 1.82) is 0 Å². The largest absolute Gasteiger partial charge is 0.504 e. The number of phenolic OH excluding ortho intramolecular Hbond substituents is 2. The van der Waals surface area contributed by atoms with Crippen LogP contribution in [0.1, 0.15) is 68.8 Å². The molecule has 27 heavy (non-hydrogen) atoms. The Bertz CT molecular complexity index is 768. The van der Waals surface area contributed by atoms with E-state index in [0.29, 0.717) is 23.8 Å². The summed E-state index contributed by atoms with van der Waals surface area (Å²) in [4.78, 5) is 12.0. The molecular weight excluding hydrogens is 340 g/mol. The Morgan fingerprint density at radius 2 is 2.00 bits per heavy atom. The SMILES string of the molecule is C=C1CCCC2[C@](C)(Cc3cc(C(=O)OC)cc(O)c3O)[C@@H](C)CC[C@]12C. The Hall–Kier alpha value is -1.97. The first-order valence-electron chi connectivity index (χ1n) is 9.95. The molecule has 0 aromatic heterocycles. The maximum absolute atomic E-state index is 12.0. The van der Waals surface area contributed by atoms with Crippen molar-refractivity contribution in [2.45, 2.75) is 59.3 Å². The normalized spacial score (nSPS) is 33.4. The van der Waals surface area contributed by atoms with E-state index in [1.54, 1.807) is 6.07 Å². The van der Waals surface area contributed by atoms with Gasteiger partial charge >= 0.3 is 5.97 Å². The van der Waals surface area contributed by atoms with Gasteiger partial charge in [0.15, 0.2) is 11.5 Å². The molecule has 1 unspecified atom stereocenters. The number of carbonyl (C=O) groups is 1. The van der Waals surface area contributed by atoms with Crippen LogP contribution in [0.5, 0.6) is 11.5 Å². The zero-order chi connectivity index (χ0) is 20.0. The molecule has 2 N–H and O–H groups in total. The molecule has 2 fully saturated rings. The summed E-state index contributed by atoms with van der Waals surface area (Å²) in [7, 11) is 1.31. The Balaban J connectivity index is 2.03. The number of phenols is 2. The highest BCUT2D eigenvalue weighted by molar-refractivity contribution is 5.90. The fraction of sp³-hybridized carbons (Fsp3) is 0.609. The molecule has 148 valence electrons. The fourth-order valence-corrected chi connectivity index (χ4v) is 5.72. The topological polar surface area (TPSA) is 66.8 Å². The van der Waals surface area contributed by atoms with Crippen molar-refractivity contribution in [2.75, 3.05) is 7.11 Å². The Morgan fingerprint density at radius 3 is 2.67 bits per heavy atom. The van der Waals surface area contributed by atoms with Crippen LogP contribution < -0.4 is 0 Å². The van der Waals surface area contributed by atoms with E-state index in [9.17, 15) is 15.0 Å². The molecule has 2 saturated carbocycles. The number of esters is 1. The third-order valence-corrected chi connectivity index (χ3v) is 7.73. The number of hydrogen-bond acceptors (Lipinski definition) is 4. The minimum absolute atomic E-state index is 0.0466. The number of carbonyl (C=O) groups excluding carboxylic acids is 1. The van der Waals surface area contributed by atoms with Gasteiger partial charge in [0, 0.05) is 0 Å². The molecule has 0 bridgehead atoms. The molecule has 1 aromatic carbocycles. The van der Waals surface area contributed by atoms with Crippen LogP contribution in [-0.4, -0.2) is 23.3 Å². The van der Waals surface area contributed by atoms with Gasteiger partial charge in [-0.05, 0) is 78.9 Å². The van der Waals surface area contributed by atoms with Gasteiger partial charge in [0.25, 0.3) is 0 Å². The van der Waals surface area contributed by atoms with E-state index in [0.717, 1.165) is 32.1 Å².